The smallest absolute Gasteiger partial charge is 0.251 e. The molecule has 0 aliphatic carbocycles. The number of nitrogens with one attached hydrogen (secondary N) is 3. The first-order chi connectivity index (χ1) is 13.8. The predicted molar refractivity (Wildman–Crippen MR) is 134 cm³/mol. The fourth-order valence-electron chi connectivity index (χ4n) is 2.60. The van der Waals surface area contributed by atoms with Crippen LogP contribution in [0.2, 0.25) is 0 Å². The molecule has 2 amide bonds. The molecule has 0 aliphatic rings. The minimum atomic E-state index is -0.574. The number of rotatable bonds is 9. The van der Waals surface area contributed by atoms with Crippen molar-refractivity contribution in [3.05, 3.63) is 57.8 Å². The molecule has 0 atom stereocenters. The maximum Gasteiger partial charge on any atom is 0.251 e. The summed E-state index contributed by atoms with van der Waals surface area (Å²) in [6.07, 6.45) is 0. The topological polar surface area (TPSA) is 109 Å². The van der Waals surface area contributed by atoms with Crippen molar-refractivity contribution in [2.45, 2.75) is 32.7 Å². The number of thiophene rings is 1. The lowest BCUT2D eigenvalue weighted by Gasteiger charge is -2.25. The Kier molecular flexibility index (Phi) is 10.8. The third-order valence-corrected chi connectivity index (χ3v) is 5.53. The van der Waals surface area contributed by atoms with Gasteiger partial charge in [-0.05, 0) is 36.1 Å². The number of carbonyl (C=O) groups excluding carboxylic acids is 2. The van der Waals surface area contributed by atoms with Crippen molar-refractivity contribution >= 4 is 53.1 Å². The molecule has 1 heterocycles. The van der Waals surface area contributed by atoms with Crippen molar-refractivity contribution in [2.24, 2.45) is 10.7 Å². The molecule has 0 bridgehead atoms. The number of amides is 2. The Bertz CT molecular complexity index is 836. The number of aliphatic imine (C=N–C) groups is 1. The maximum atomic E-state index is 11.9. The van der Waals surface area contributed by atoms with Crippen LogP contribution in [0.5, 0.6) is 0 Å². The number of hydrogen-bond donors (Lipinski definition) is 4. The number of hydrogen-bond acceptors (Lipinski definition) is 4. The van der Waals surface area contributed by atoms with E-state index in [-0.39, 0.29) is 41.8 Å². The number of halogens is 1. The first kappa shape index (κ1) is 25.9. The van der Waals surface area contributed by atoms with Crippen LogP contribution in [0, 0.1) is 0 Å². The number of benzene rings is 1. The van der Waals surface area contributed by atoms with Crippen LogP contribution in [-0.4, -0.2) is 37.4 Å². The molecule has 0 aliphatic heterocycles. The molecule has 1 aromatic carbocycles. The van der Waals surface area contributed by atoms with Gasteiger partial charge in [0.15, 0.2) is 5.96 Å². The molecule has 2 rings (SSSR count). The summed E-state index contributed by atoms with van der Waals surface area (Å²) in [5.41, 5.74) is 6.49. The van der Waals surface area contributed by atoms with Gasteiger partial charge in [-0.3, -0.25) is 9.59 Å². The Morgan fingerprint density at radius 3 is 2.37 bits per heavy atom. The standard InChI is InChI=1S/C21H29N5O2S.HI/c1-4-23-20(26-14-21(2,3)17-6-5-11-29-17)25-12-15-7-9-16(10-8-15)19(28)24-13-18(22)27;/h5-11H,4,12-14H2,1-3H3,(H2,22,27)(H,24,28)(H2,23,25,26);1H. The second-order valence-electron chi connectivity index (χ2n) is 7.26. The molecule has 0 fully saturated rings. The first-order valence-electron chi connectivity index (χ1n) is 9.53. The molecule has 0 unspecified atom stereocenters. The van der Waals surface area contributed by atoms with E-state index < -0.39 is 5.91 Å². The monoisotopic (exact) mass is 543 g/mol. The molecule has 1 aromatic heterocycles. The van der Waals surface area contributed by atoms with Gasteiger partial charge in [0.25, 0.3) is 5.91 Å². The third kappa shape index (κ3) is 8.31. The van der Waals surface area contributed by atoms with E-state index in [0.29, 0.717) is 12.1 Å². The van der Waals surface area contributed by atoms with Crippen molar-refractivity contribution < 1.29 is 9.59 Å². The van der Waals surface area contributed by atoms with Crippen molar-refractivity contribution in [3.8, 4) is 0 Å². The van der Waals surface area contributed by atoms with E-state index >= 15 is 0 Å². The quantitative estimate of drug-likeness (QED) is 0.222. The molecule has 0 spiro atoms. The summed E-state index contributed by atoms with van der Waals surface area (Å²) in [6.45, 7) is 8.28. The SMILES string of the molecule is CCNC(=NCc1ccc(C(=O)NCC(N)=O)cc1)NCC(C)(C)c1cccs1.I. The molecule has 0 saturated heterocycles. The minimum absolute atomic E-state index is 0. The van der Waals surface area contributed by atoms with Gasteiger partial charge in [-0.15, -0.1) is 35.3 Å². The minimum Gasteiger partial charge on any atom is -0.368 e. The van der Waals surface area contributed by atoms with Crippen molar-refractivity contribution in [2.75, 3.05) is 19.6 Å². The van der Waals surface area contributed by atoms with E-state index in [1.54, 1.807) is 23.5 Å². The molecule has 0 radical (unpaired) electrons. The van der Waals surface area contributed by atoms with E-state index in [2.05, 4.69) is 52.3 Å². The van der Waals surface area contributed by atoms with E-state index in [9.17, 15) is 9.59 Å². The number of nitrogens with zero attached hydrogens (tertiary/aromatic N) is 1. The van der Waals surface area contributed by atoms with Crippen molar-refractivity contribution in [3.63, 3.8) is 0 Å². The number of carbonyl (C=O) groups is 2. The number of nitrogens with two attached hydrogens (primary N) is 1. The fraction of sp³-hybridized carbons (Fsp3) is 0.381. The van der Waals surface area contributed by atoms with Gasteiger partial charge < -0.3 is 21.7 Å². The predicted octanol–water partition coefficient (Wildman–Crippen LogP) is 2.61. The van der Waals surface area contributed by atoms with E-state index in [1.165, 1.54) is 4.88 Å². The Hall–Kier alpha value is -2.14. The Labute approximate surface area is 198 Å². The normalized spacial score (nSPS) is 11.4. The lowest BCUT2D eigenvalue weighted by molar-refractivity contribution is -0.117. The molecule has 30 heavy (non-hydrogen) atoms. The Balaban J connectivity index is 0.00000450. The van der Waals surface area contributed by atoms with E-state index in [0.717, 1.165) is 24.6 Å². The summed E-state index contributed by atoms with van der Waals surface area (Å²) in [7, 11) is 0. The zero-order valence-electron chi connectivity index (χ0n) is 17.5. The van der Waals surface area contributed by atoms with Gasteiger partial charge in [-0.25, -0.2) is 4.99 Å². The summed E-state index contributed by atoms with van der Waals surface area (Å²) in [5.74, 6) is -0.153. The van der Waals surface area contributed by atoms with Gasteiger partial charge >= 0.3 is 0 Å². The average molecular weight is 543 g/mol. The largest absolute Gasteiger partial charge is 0.368 e. The fourth-order valence-corrected chi connectivity index (χ4v) is 3.45. The molecule has 9 heteroatoms. The summed E-state index contributed by atoms with van der Waals surface area (Å²) in [4.78, 5) is 28.6. The summed E-state index contributed by atoms with van der Waals surface area (Å²) < 4.78 is 0. The average Bonchev–Trinajstić information content (AvgIpc) is 3.24. The second-order valence-corrected chi connectivity index (χ2v) is 8.20. The molecule has 0 saturated carbocycles. The number of primary amides is 1. The molecule has 2 aromatic rings. The zero-order valence-corrected chi connectivity index (χ0v) is 20.7. The van der Waals surface area contributed by atoms with Gasteiger partial charge in [0.05, 0.1) is 13.1 Å². The van der Waals surface area contributed by atoms with E-state index in [1.807, 2.05) is 19.1 Å². The van der Waals surface area contributed by atoms with Gasteiger partial charge in [0.1, 0.15) is 0 Å². The van der Waals surface area contributed by atoms with Crippen LogP contribution in [0.15, 0.2) is 46.8 Å². The summed E-state index contributed by atoms with van der Waals surface area (Å²) in [5, 5.41) is 11.2. The van der Waals surface area contributed by atoms with Crippen LogP contribution in [0.25, 0.3) is 0 Å². The van der Waals surface area contributed by atoms with E-state index in [4.69, 9.17) is 5.73 Å². The highest BCUT2D eigenvalue weighted by Crippen LogP contribution is 2.26. The van der Waals surface area contributed by atoms with Crippen LogP contribution in [0.3, 0.4) is 0 Å². The first-order valence-corrected chi connectivity index (χ1v) is 10.4. The molecule has 164 valence electrons. The molecular weight excluding hydrogens is 513 g/mol. The second kappa shape index (κ2) is 12.5. The van der Waals surface area contributed by atoms with Gasteiger partial charge in [0.2, 0.25) is 5.91 Å². The van der Waals surface area contributed by atoms with Crippen LogP contribution in [0.1, 0.15) is 41.6 Å². The van der Waals surface area contributed by atoms with Gasteiger partial charge in [-0.1, -0.05) is 32.0 Å². The van der Waals surface area contributed by atoms with Crippen LogP contribution < -0.4 is 21.7 Å². The Morgan fingerprint density at radius 1 is 1.10 bits per heavy atom. The molecular formula is C21H30IN5O2S. The molecule has 7 nitrogen and oxygen atoms in total. The lowest BCUT2D eigenvalue weighted by atomic mass is 9.91. The lowest BCUT2D eigenvalue weighted by Crippen LogP contribution is -2.43. The molecule has 5 N–H and O–H groups in total. The summed E-state index contributed by atoms with van der Waals surface area (Å²) in [6, 6.07) is 11.3. The van der Waals surface area contributed by atoms with Crippen molar-refractivity contribution in [1.82, 2.24) is 16.0 Å². The highest BCUT2D eigenvalue weighted by Gasteiger charge is 2.21. The van der Waals surface area contributed by atoms with Crippen LogP contribution in [-0.2, 0) is 16.8 Å². The maximum absolute atomic E-state index is 11.9. The Morgan fingerprint density at radius 2 is 1.80 bits per heavy atom. The highest BCUT2D eigenvalue weighted by atomic mass is 127. The highest BCUT2D eigenvalue weighted by molar-refractivity contribution is 14.0. The zero-order chi connectivity index (χ0) is 21.3. The van der Waals surface area contributed by atoms with Crippen LogP contribution >= 0.6 is 35.3 Å². The van der Waals surface area contributed by atoms with Crippen molar-refractivity contribution in [1.29, 1.82) is 0 Å². The third-order valence-electron chi connectivity index (χ3n) is 4.29. The van der Waals surface area contributed by atoms with Gasteiger partial charge in [0, 0.05) is 28.9 Å². The summed E-state index contributed by atoms with van der Waals surface area (Å²) >= 11 is 1.76. The van der Waals surface area contributed by atoms with Crippen LogP contribution in [0.4, 0.5) is 0 Å². The number of guanidine groups is 1. The van der Waals surface area contributed by atoms with Gasteiger partial charge in [-0.2, -0.15) is 0 Å².